The lowest BCUT2D eigenvalue weighted by molar-refractivity contribution is -0.116. The zero-order valence-electron chi connectivity index (χ0n) is 27.5. The van der Waals surface area contributed by atoms with E-state index in [1.54, 1.807) is 18.2 Å². The van der Waals surface area contributed by atoms with Gasteiger partial charge in [-0.25, -0.2) is 4.79 Å². The molecule has 8 nitrogen and oxygen atoms in total. The number of benzene rings is 3. The second kappa shape index (κ2) is 14.9. The summed E-state index contributed by atoms with van der Waals surface area (Å²) in [4.78, 5) is 40.2. The molecule has 250 valence electrons. The van der Waals surface area contributed by atoms with E-state index in [1.807, 2.05) is 25.1 Å². The first-order valence-electron chi connectivity index (χ1n) is 15.4. The first kappa shape index (κ1) is 36.6. The fourth-order valence-corrected chi connectivity index (χ4v) is 6.82. The van der Waals surface area contributed by atoms with Gasteiger partial charge in [-0.05, 0) is 59.8 Å². The van der Waals surface area contributed by atoms with Crippen LogP contribution in [0.25, 0.3) is 0 Å². The highest BCUT2D eigenvalue weighted by atomic mass is 35.5. The van der Waals surface area contributed by atoms with Gasteiger partial charge in [0.1, 0.15) is 16.7 Å². The Morgan fingerprint density at radius 2 is 1.47 bits per heavy atom. The summed E-state index contributed by atoms with van der Waals surface area (Å²) in [5.74, 6) is 0.332. The minimum absolute atomic E-state index is 0.132. The fraction of sp³-hybridized carbons (Fsp3) is 0.371. The maximum atomic E-state index is 13.4. The fourth-order valence-electron chi connectivity index (χ4n) is 5.00. The molecule has 1 heterocycles. The van der Waals surface area contributed by atoms with Crippen LogP contribution in [0.5, 0.6) is 5.75 Å². The zero-order valence-corrected chi connectivity index (χ0v) is 30.5. The second-order valence-corrected chi connectivity index (χ2v) is 15.0. The Morgan fingerprint density at radius 3 is 2.02 bits per heavy atom. The molecule has 3 amide bonds. The van der Waals surface area contributed by atoms with Crippen LogP contribution in [0.4, 0.5) is 16.2 Å². The molecular weight excluding hydrogens is 679 g/mol. The molecule has 0 bridgehead atoms. The third kappa shape index (κ3) is 8.08. The van der Waals surface area contributed by atoms with Gasteiger partial charge in [0, 0.05) is 27.4 Å². The number of rotatable bonds is 10. The summed E-state index contributed by atoms with van der Waals surface area (Å²) in [6.45, 7) is 14.6. The molecule has 0 saturated carbocycles. The number of hydrogen-bond donors (Lipinski definition) is 2. The standard InChI is InChI=1S/C35H39Cl3N4O4S/c1-8-34(4,5)23-15-12-16-24(35(6,7)9-2)28(23)46-33(45)39-22-14-11-13-20(17-22)31(43)40-30-29(47-10-3)32(44)42(41-30)27-25(37)18-21(36)19-26(27)38/h11-19,29H,8-10H2,1-7H3,(H,39,45)(H,40,41,43). The Hall–Kier alpha value is -3.24. The summed E-state index contributed by atoms with van der Waals surface area (Å²) in [5.41, 5.74) is 2.20. The average molecular weight is 718 g/mol. The normalized spacial score (nSPS) is 15.0. The van der Waals surface area contributed by atoms with Gasteiger partial charge in [0.15, 0.2) is 5.84 Å². The Morgan fingerprint density at radius 1 is 0.894 bits per heavy atom. The number of hydrazone groups is 1. The van der Waals surface area contributed by atoms with E-state index in [9.17, 15) is 14.4 Å². The van der Waals surface area contributed by atoms with Crippen molar-refractivity contribution in [3.8, 4) is 5.75 Å². The van der Waals surface area contributed by atoms with Crippen LogP contribution >= 0.6 is 46.6 Å². The van der Waals surface area contributed by atoms with E-state index in [2.05, 4.69) is 57.3 Å². The number of para-hydroxylation sites is 1. The molecule has 0 saturated heterocycles. The number of thioether (sulfide) groups is 1. The van der Waals surface area contributed by atoms with Crippen LogP contribution in [-0.2, 0) is 15.6 Å². The highest BCUT2D eigenvalue weighted by Crippen LogP contribution is 2.43. The predicted molar refractivity (Wildman–Crippen MR) is 195 cm³/mol. The van der Waals surface area contributed by atoms with Crippen molar-refractivity contribution in [2.45, 2.75) is 77.4 Å². The number of carbonyl (C=O) groups excluding carboxylic acids is 3. The Labute approximate surface area is 295 Å². The SMILES string of the molecule is CCSC1C(=O)N(c2c(Cl)cc(Cl)cc2Cl)N=C1NC(=O)c1cccc(NC(=O)Oc2c(C(C)(C)CC)cccc2C(C)(C)CC)c1. The quantitative estimate of drug-likeness (QED) is 0.218. The molecule has 0 radical (unpaired) electrons. The number of nitrogens with one attached hydrogen (secondary N) is 2. The van der Waals surface area contributed by atoms with E-state index >= 15 is 0 Å². The molecule has 0 fully saturated rings. The van der Waals surface area contributed by atoms with Crippen LogP contribution in [0, 0.1) is 0 Å². The lowest BCUT2D eigenvalue weighted by Crippen LogP contribution is -2.39. The Balaban J connectivity index is 1.57. The van der Waals surface area contributed by atoms with E-state index in [1.165, 1.54) is 30.0 Å². The average Bonchev–Trinajstić information content (AvgIpc) is 3.30. The largest absolute Gasteiger partial charge is 0.417 e. The topological polar surface area (TPSA) is 100 Å². The van der Waals surface area contributed by atoms with Crippen molar-refractivity contribution in [1.29, 1.82) is 0 Å². The van der Waals surface area contributed by atoms with Crippen molar-refractivity contribution in [3.05, 3.63) is 86.4 Å². The number of ether oxygens (including phenoxy) is 1. The number of halogens is 3. The molecule has 1 unspecified atom stereocenters. The van der Waals surface area contributed by atoms with E-state index in [0.717, 1.165) is 29.0 Å². The van der Waals surface area contributed by atoms with Gasteiger partial charge >= 0.3 is 6.09 Å². The predicted octanol–water partition coefficient (Wildman–Crippen LogP) is 9.84. The minimum Gasteiger partial charge on any atom is -0.409 e. The zero-order chi connectivity index (χ0) is 34.7. The molecule has 1 atom stereocenters. The summed E-state index contributed by atoms with van der Waals surface area (Å²) >= 11 is 20.1. The summed E-state index contributed by atoms with van der Waals surface area (Å²) in [6.07, 6.45) is 1.03. The lowest BCUT2D eigenvalue weighted by Gasteiger charge is -2.31. The molecule has 0 aliphatic carbocycles. The molecule has 1 aliphatic heterocycles. The maximum absolute atomic E-state index is 13.4. The van der Waals surface area contributed by atoms with Crippen LogP contribution in [0.1, 0.15) is 82.8 Å². The van der Waals surface area contributed by atoms with Crippen molar-refractivity contribution in [2.24, 2.45) is 5.10 Å². The first-order chi connectivity index (χ1) is 22.1. The number of carbonyl (C=O) groups is 3. The number of amidine groups is 1. The van der Waals surface area contributed by atoms with Crippen molar-refractivity contribution >= 4 is 81.7 Å². The van der Waals surface area contributed by atoms with Gasteiger partial charge in [-0.15, -0.1) is 16.9 Å². The Bertz CT molecular complexity index is 1670. The van der Waals surface area contributed by atoms with Crippen molar-refractivity contribution < 1.29 is 19.1 Å². The van der Waals surface area contributed by atoms with Crippen LogP contribution in [0.15, 0.2) is 59.7 Å². The van der Waals surface area contributed by atoms with E-state index in [4.69, 9.17) is 39.5 Å². The van der Waals surface area contributed by atoms with Crippen LogP contribution in [0.2, 0.25) is 15.1 Å². The van der Waals surface area contributed by atoms with Gasteiger partial charge < -0.3 is 10.1 Å². The molecule has 0 aromatic heterocycles. The van der Waals surface area contributed by atoms with E-state index in [-0.39, 0.29) is 38.0 Å². The molecule has 12 heteroatoms. The lowest BCUT2D eigenvalue weighted by atomic mass is 9.75. The molecule has 4 rings (SSSR count). The summed E-state index contributed by atoms with van der Waals surface area (Å²) in [5, 5.41) is 10.8. The van der Waals surface area contributed by atoms with Crippen LogP contribution < -0.4 is 20.4 Å². The molecule has 3 aromatic rings. The number of hydrogen-bond acceptors (Lipinski definition) is 6. The highest BCUT2D eigenvalue weighted by molar-refractivity contribution is 8.01. The third-order valence-corrected chi connectivity index (χ3v) is 10.4. The molecule has 2 N–H and O–H groups in total. The smallest absolute Gasteiger partial charge is 0.409 e. The molecule has 0 spiro atoms. The van der Waals surface area contributed by atoms with Crippen molar-refractivity contribution in [3.63, 3.8) is 0 Å². The maximum Gasteiger partial charge on any atom is 0.417 e. The van der Waals surface area contributed by atoms with E-state index < -0.39 is 23.2 Å². The van der Waals surface area contributed by atoms with Gasteiger partial charge in [-0.1, -0.05) is 108 Å². The molecule has 1 aliphatic rings. The van der Waals surface area contributed by atoms with Gasteiger partial charge in [-0.2, -0.15) is 5.01 Å². The molecular formula is C35H39Cl3N4O4S. The van der Waals surface area contributed by atoms with E-state index in [0.29, 0.717) is 22.2 Å². The monoisotopic (exact) mass is 716 g/mol. The van der Waals surface area contributed by atoms with Crippen molar-refractivity contribution in [2.75, 3.05) is 16.1 Å². The second-order valence-electron chi connectivity index (χ2n) is 12.4. The van der Waals surface area contributed by atoms with Gasteiger partial charge in [0.05, 0.1) is 10.0 Å². The van der Waals surface area contributed by atoms with Crippen molar-refractivity contribution in [1.82, 2.24) is 5.32 Å². The van der Waals surface area contributed by atoms with Gasteiger partial charge in [0.2, 0.25) is 0 Å². The number of nitrogens with zero attached hydrogens (tertiary/aromatic N) is 2. The third-order valence-electron chi connectivity index (χ3n) is 8.46. The van der Waals surface area contributed by atoms with Gasteiger partial charge in [0.25, 0.3) is 11.8 Å². The van der Waals surface area contributed by atoms with Gasteiger partial charge in [-0.3, -0.25) is 14.9 Å². The van der Waals surface area contributed by atoms with Crippen LogP contribution in [0.3, 0.4) is 0 Å². The first-order valence-corrected chi connectivity index (χ1v) is 17.5. The molecule has 3 aromatic carbocycles. The molecule has 47 heavy (non-hydrogen) atoms. The summed E-state index contributed by atoms with van der Waals surface area (Å²) < 4.78 is 6.05. The summed E-state index contributed by atoms with van der Waals surface area (Å²) in [6, 6.07) is 15.4. The Kier molecular flexibility index (Phi) is 11.6. The number of amides is 3. The summed E-state index contributed by atoms with van der Waals surface area (Å²) in [7, 11) is 0. The highest BCUT2D eigenvalue weighted by Gasteiger charge is 2.39. The minimum atomic E-state index is -0.794. The van der Waals surface area contributed by atoms with Crippen LogP contribution in [-0.4, -0.2) is 34.7 Å². The number of anilines is 2.